The number of hydrogen-bond acceptors (Lipinski definition) is 8. The molecule has 2 amide bonds. The van der Waals surface area contributed by atoms with Gasteiger partial charge in [0.15, 0.2) is 0 Å². The number of nitrogens with one attached hydrogen (secondary N) is 1. The third-order valence-corrected chi connectivity index (χ3v) is 11.6. The van der Waals surface area contributed by atoms with Gasteiger partial charge < -0.3 is 29.3 Å². The Morgan fingerprint density at radius 2 is 1.73 bits per heavy atom. The monoisotopic (exact) mass is 684 g/mol. The Bertz CT molecular complexity index is 1490. The Morgan fingerprint density at radius 3 is 2.40 bits per heavy atom. The molecule has 4 atom stereocenters. The number of rotatable bonds is 11. The fourth-order valence-electron chi connectivity index (χ4n) is 7.08. The third-order valence-electron chi connectivity index (χ3n) is 9.80. The van der Waals surface area contributed by atoms with Gasteiger partial charge in [-0.2, -0.15) is 0 Å². The summed E-state index contributed by atoms with van der Waals surface area (Å²) in [5.74, 6) is 0.406. The van der Waals surface area contributed by atoms with E-state index in [2.05, 4.69) is 29.3 Å². The lowest BCUT2D eigenvalue weighted by atomic mass is 9.79. The summed E-state index contributed by atoms with van der Waals surface area (Å²) in [5.41, 5.74) is 0.913. The smallest absolute Gasteiger partial charge is 0.410 e. The maximum Gasteiger partial charge on any atom is 0.410 e. The van der Waals surface area contributed by atoms with E-state index in [-0.39, 0.29) is 29.7 Å². The first-order valence-electron chi connectivity index (χ1n) is 17.1. The number of ether oxygens (including phenoxy) is 3. The fraction of sp³-hybridized carbons (Fsp3) is 0.611. The molecule has 2 aromatic rings. The first-order chi connectivity index (χ1) is 22.7. The van der Waals surface area contributed by atoms with Gasteiger partial charge in [-0.15, -0.1) is 0 Å². The van der Waals surface area contributed by atoms with Gasteiger partial charge >= 0.3 is 12.2 Å². The second kappa shape index (κ2) is 15.1. The molecule has 0 aromatic heterocycles. The van der Waals surface area contributed by atoms with Gasteiger partial charge in [-0.25, -0.2) is 22.3 Å². The molecule has 11 nitrogen and oxygen atoms in total. The van der Waals surface area contributed by atoms with Crippen LogP contribution in [0.15, 0.2) is 59.5 Å². The highest BCUT2D eigenvalue weighted by Gasteiger charge is 2.42. The molecule has 3 saturated heterocycles. The standard InChI is InChI=1S/C36H52N4O7S/c1-35(2,3)47-34(42)40-20-15-28-24-39(19-16-32(28)40)21-18-36(4,29-9-7-6-8-10-29)26-38(5)48(43,44)31-13-11-27(12-14-31)23-37-33(41)46-30-17-22-45-25-30/h6-14,28,30,32H,15-26H2,1-5H3,(H,37,41)/t28-,30+,32+,36-/m1/s1. The van der Waals surface area contributed by atoms with Crippen LogP contribution in [0.4, 0.5) is 9.59 Å². The number of carbonyl (C=O) groups excluding carboxylic acids is 2. The molecule has 1 N–H and O–H groups in total. The van der Waals surface area contributed by atoms with Crippen LogP contribution in [0.1, 0.15) is 64.5 Å². The molecule has 5 rings (SSSR count). The minimum atomic E-state index is -3.78. The van der Waals surface area contributed by atoms with Gasteiger partial charge in [-0.1, -0.05) is 49.4 Å². The Balaban J connectivity index is 1.19. The number of likely N-dealkylation sites (N-methyl/N-ethyl adjacent to an activating group) is 1. The normalized spacial score (nSPS) is 23.0. The Hall–Kier alpha value is -3.19. The summed E-state index contributed by atoms with van der Waals surface area (Å²) >= 11 is 0. The SMILES string of the molecule is CN(C[C@@](C)(CCN1CC[C@H]2[C@H](CCN2C(=O)OC(C)(C)C)C1)c1ccccc1)S(=O)(=O)c1ccc(CNC(=O)O[C@H]2CCOC2)cc1. The average Bonchev–Trinajstić information content (AvgIpc) is 3.72. The quantitative estimate of drug-likeness (QED) is 0.352. The first-order valence-corrected chi connectivity index (χ1v) is 18.5. The zero-order valence-electron chi connectivity index (χ0n) is 29.0. The molecule has 0 saturated carbocycles. The van der Waals surface area contributed by atoms with Crippen LogP contribution in [-0.2, 0) is 36.2 Å². The van der Waals surface area contributed by atoms with E-state index in [4.69, 9.17) is 14.2 Å². The second-order valence-corrected chi connectivity index (χ2v) is 16.8. The van der Waals surface area contributed by atoms with Gasteiger partial charge in [-0.05, 0) is 75.8 Å². The molecule has 0 spiro atoms. The van der Waals surface area contributed by atoms with Crippen molar-refractivity contribution in [1.82, 2.24) is 19.4 Å². The predicted molar refractivity (Wildman–Crippen MR) is 183 cm³/mol. The van der Waals surface area contributed by atoms with Crippen molar-refractivity contribution in [2.75, 3.05) is 53.0 Å². The highest BCUT2D eigenvalue weighted by Crippen LogP contribution is 2.35. The summed E-state index contributed by atoms with van der Waals surface area (Å²) < 4.78 is 45.3. The minimum absolute atomic E-state index is 0.202. The second-order valence-electron chi connectivity index (χ2n) is 14.7. The van der Waals surface area contributed by atoms with E-state index in [0.29, 0.717) is 32.1 Å². The van der Waals surface area contributed by atoms with Crippen LogP contribution in [0.2, 0.25) is 0 Å². The number of hydrogen-bond donors (Lipinski definition) is 1. The number of piperidine rings is 1. The van der Waals surface area contributed by atoms with Crippen LogP contribution >= 0.6 is 0 Å². The summed E-state index contributed by atoms with van der Waals surface area (Å²) in [6.07, 6.45) is 2.37. The summed E-state index contributed by atoms with van der Waals surface area (Å²) in [6.45, 7) is 12.7. The topological polar surface area (TPSA) is 118 Å². The molecule has 3 aliphatic rings. The predicted octanol–water partition coefficient (Wildman–Crippen LogP) is 5.00. The molecule has 0 unspecified atom stereocenters. The van der Waals surface area contributed by atoms with Crippen molar-refractivity contribution in [2.24, 2.45) is 5.92 Å². The van der Waals surface area contributed by atoms with E-state index >= 15 is 0 Å². The summed E-state index contributed by atoms with van der Waals surface area (Å²) in [7, 11) is -2.14. The van der Waals surface area contributed by atoms with E-state index in [1.54, 1.807) is 31.3 Å². The third kappa shape index (κ3) is 9.07. The zero-order chi connectivity index (χ0) is 34.5. The zero-order valence-corrected chi connectivity index (χ0v) is 29.8. The fourth-order valence-corrected chi connectivity index (χ4v) is 8.37. The highest BCUT2D eigenvalue weighted by atomic mass is 32.2. The molecule has 2 aromatic carbocycles. The van der Waals surface area contributed by atoms with Crippen LogP contribution in [-0.4, -0.2) is 105 Å². The van der Waals surface area contributed by atoms with E-state index in [0.717, 1.165) is 56.6 Å². The summed E-state index contributed by atoms with van der Waals surface area (Å²) in [4.78, 5) is 29.5. The van der Waals surface area contributed by atoms with Crippen molar-refractivity contribution >= 4 is 22.2 Å². The van der Waals surface area contributed by atoms with Gasteiger partial charge in [-0.3, -0.25) is 0 Å². The Kier molecular flexibility index (Phi) is 11.4. The molecule has 12 heteroatoms. The van der Waals surface area contributed by atoms with Crippen LogP contribution in [0.25, 0.3) is 0 Å². The van der Waals surface area contributed by atoms with Crippen molar-refractivity contribution in [3.05, 3.63) is 65.7 Å². The molecule has 264 valence electrons. The maximum absolute atomic E-state index is 13.8. The highest BCUT2D eigenvalue weighted by molar-refractivity contribution is 7.89. The average molecular weight is 685 g/mol. The van der Waals surface area contributed by atoms with Gasteiger partial charge in [0.1, 0.15) is 11.7 Å². The van der Waals surface area contributed by atoms with Crippen molar-refractivity contribution < 1.29 is 32.2 Å². The number of fused-ring (bicyclic) bond motifs is 1. The van der Waals surface area contributed by atoms with Crippen LogP contribution in [0.3, 0.4) is 0 Å². The van der Waals surface area contributed by atoms with Crippen molar-refractivity contribution in [1.29, 1.82) is 0 Å². The molecule has 3 aliphatic heterocycles. The lowest BCUT2D eigenvalue weighted by Gasteiger charge is -2.40. The van der Waals surface area contributed by atoms with Gasteiger partial charge in [0.05, 0.1) is 18.1 Å². The largest absolute Gasteiger partial charge is 0.444 e. The minimum Gasteiger partial charge on any atom is -0.444 e. The van der Waals surface area contributed by atoms with Gasteiger partial charge in [0.25, 0.3) is 0 Å². The van der Waals surface area contributed by atoms with Crippen LogP contribution < -0.4 is 5.32 Å². The Morgan fingerprint density at radius 1 is 1.00 bits per heavy atom. The number of carbonyl (C=O) groups is 2. The molecule has 3 heterocycles. The number of alkyl carbamates (subject to hydrolysis) is 1. The number of sulfonamides is 1. The Labute approximate surface area is 285 Å². The van der Waals surface area contributed by atoms with E-state index in [9.17, 15) is 18.0 Å². The molecule has 0 bridgehead atoms. The van der Waals surface area contributed by atoms with E-state index in [1.165, 1.54) is 4.31 Å². The molecule has 48 heavy (non-hydrogen) atoms. The lowest BCUT2D eigenvalue weighted by Crippen LogP contribution is -2.49. The van der Waals surface area contributed by atoms with Crippen molar-refractivity contribution in [2.45, 2.75) is 88.0 Å². The first kappa shape index (κ1) is 36.1. The van der Waals surface area contributed by atoms with Crippen LogP contribution in [0, 0.1) is 5.92 Å². The summed E-state index contributed by atoms with van der Waals surface area (Å²) in [5, 5.41) is 2.72. The molecule has 3 fully saturated rings. The summed E-state index contributed by atoms with van der Waals surface area (Å²) in [6, 6.07) is 16.9. The van der Waals surface area contributed by atoms with Crippen LogP contribution in [0.5, 0.6) is 0 Å². The lowest BCUT2D eigenvalue weighted by molar-refractivity contribution is 0.0139. The van der Waals surface area contributed by atoms with Gasteiger partial charge in [0, 0.05) is 57.6 Å². The number of likely N-dealkylation sites (tertiary alicyclic amines) is 2. The van der Waals surface area contributed by atoms with Crippen molar-refractivity contribution in [3.63, 3.8) is 0 Å². The molecular formula is C36H52N4O7S. The number of amides is 2. The number of nitrogens with zero attached hydrogens (tertiary/aromatic N) is 3. The van der Waals surface area contributed by atoms with E-state index < -0.39 is 27.1 Å². The number of benzene rings is 2. The van der Waals surface area contributed by atoms with Crippen molar-refractivity contribution in [3.8, 4) is 0 Å². The molecule has 0 radical (unpaired) electrons. The van der Waals surface area contributed by atoms with Gasteiger partial charge in [0.2, 0.25) is 10.0 Å². The maximum atomic E-state index is 13.8. The van der Waals surface area contributed by atoms with E-state index in [1.807, 2.05) is 43.9 Å². The molecular weight excluding hydrogens is 632 g/mol. The molecule has 0 aliphatic carbocycles.